The lowest BCUT2D eigenvalue weighted by Gasteiger charge is -2.16. The molecule has 31 heavy (non-hydrogen) atoms. The Morgan fingerprint density at radius 2 is 1.61 bits per heavy atom. The number of aryl methyl sites for hydroxylation is 2. The van der Waals surface area contributed by atoms with Crippen molar-refractivity contribution in [3.05, 3.63) is 89.5 Å². The van der Waals surface area contributed by atoms with Gasteiger partial charge in [0.15, 0.2) is 5.78 Å². The molecule has 0 amide bonds. The maximum absolute atomic E-state index is 13.1. The van der Waals surface area contributed by atoms with Crippen LogP contribution in [0.4, 0.5) is 5.69 Å². The fourth-order valence-electron chi connectivity index (χ4n) is 3.71. The first-order valence-corrected chi connectivity index (χ1v) is 10.7. The monoisotopic (exact) mass is 415 g/mol. The van der Waals surface area contributed by atoms with Crippen molar-refractivity contribution in [3.8, 4) is 11.1 Å². The summed E-state index contributed by atoms with van der Waals surface area (Å²) in [5, 5.41) is 0. The zero-order valence-corrected chi connectivity index (χ0v) is 18.1. The highest BCUT2D eigenvalue weighted by Crippen LogP contribution is 2.25. The summed E-state index contributed by atoms with van der Waals surface area (Å²) < 4.78 is 5.24. The predicted molar refractivity (Wildman–Crippen MR) is 125 cm³/mol. The van der Waals surface area contributed by atoms with E-state index in [1.807, 2.05) is 79.7 Å². The highest BCUT2D eigenvalue weighted by atomic mass is 16.5. The molecule has 0 bridgehead atoms. The maximum atomic E-state index is 13.1. The molecule has 0 fully saturated rings. The lowest BCUT2D eigenvalue weighted by molar-refractivity contribution is -0.148. The number of carbonyl (C=O) groups is 2. The van der Waals surface area contributed by atoms with Gasteiger partial charge in [-0.15, -0.1) is 0 Å². The summed E-state index contributed by atoms with van der Waals surface area (Å²) in [6.07, 6.45) is 1.46. The normalized spacial score (nSPS) is 11.7. The van der Waals surface area contributed by atoms with Gasteiger partial charge in [0.05, 0.1) is 12.5 Å². The van der Waals surface area contributed by atoms with Crippen molar-refractivity contribution in [1.29, 1.82) is 0 Å². The highest BCUT2D eigenvalue weighted by Gasteiger charge is 2.24. The van der Waals surface area contributed by atoms with E-state index in [9.17, 15) is 9.59 Å². The first kappa shape index (κ1) is 22.3. The number of esters is 1. The SMILES string of the molecule is CCOC(=O)C(CCc1ccccc1)CC(=O)c1ccc(-c2ccc(N)cc2)cc1C. The number of hydrogen-bond acceptors (Lipinski definition) is 4. The van der Waals surface area contributed by atoms with Gasteiger partial charge in [0.25, 0.3) is 0 Å². The molecule has 0 aliphatic heterocycles. The molecule has 160 valence electrons. The van der Waals surface area contributed by atoms with Gasteiger partial charge in [-0.3, -0.25) is 9.59 Å². The van der Waals surface area contributed by atoms with E-state index in [2.05, 4.69) is 0 Å². The molecule has 3 aromatic rings. The third kappa shape index (κ3) is 6.05. The van der Waals surface area contributed by atoms with Crippen LogP contribution in [0.2, 0.25) is 0 Å². The molecule has 0 saturated carbocycles. The second-order valence-corrected chi connectivity index (χ2v) is 7.75. The number of ketones is 1. The Balaban J connectivity index is 1.74. The quantitative estimate of drug-likeness (QED) is 0.279. The molecule has 2 N–H and O–H groups in total. The zero-order valence-electron chi connectivity index (χ0n) is 18.1. The summed E-state index contributed by atoms with van der Waals surface area (Å²) in [7, 11) is 0. The first-order valence-electron chi connectivity index (χ1n) is 10.7. The van der Waals surface area contributed by atoms with Crippen LogP contribution in [0.25, 0.3) is 11.1 Å². The fraction of sp³-hybridized carbons (Fsp3) is 0.259. The fourth-order valence-corrected chi connectivity index (χ4v) is 3.71. The van der Waals surface area contributed by atoms with Gasteiger partial charge in [-0.25, -0.2) is 0 Å². The van der Waals surface area contributed by atoms with Crippen LogP contribution in [0, 0.1) is 12.8 Å². The maximum Gasteiger partial charge on any atom is 0.309 e. The first-order chi connectivity index (χ1) is 15.0. The van der Waals surface area contributed by atoms with Crippen LogP contribution in [0.5, 0.6) is 0 Å². The minimum atomic E-state index is -0.455. The average molecular weight is 416 g/mol. The highest BCUT2D eigenvalue weighted by molar-refractivity contribution is 5.99. The second kappa shape index (κ2) is 10.6. The predicted octanol–water partition coefficient (Wildman–Crippen LogP) is 5.63. The Bertz CT molecular complexity index is 1030. The summed E-state index contributed by atoms with van der Waals surface area (Å²) in [5.74, 6) is -0.792. The molecule has 0 spiro atoms. The molecule has 0 heterocycles. The molecule has 0 aliphatic rings. The number of anilines is 1. The van der Waals surface area contributed by atoms with Crippen LogP contribution in [-0.4, -0.2) is 18.4 Å². The van der Waals surface area contributed by atoms with Gasteiger partial charge in [0, 0.05) is 17.7 Å². The summed E-state index contributed by atoms with van der Waals surface area (Å²) in [6.45, 7) is 4.02. The molecule has 4 nitrogen and oxygen atoms in total. The number of carbonyl (C=O) groups excluding carboxylic acids is 2. The van der Waals surface area contributed by atoms with Crippen LogP contribution in [-0.2, 0) is 16.0 Å². The Morgan fingerprint density at radius 1 is 0.935 bits per heavy atom. The minimum Gasteiger partial charge on any atom is -0.466 e. The van der Waals surface area contributed by atoms with Crippen LogP contribution < -0.4 is 5.73 Å². The topological polar surface area (TPSA) is 69.4 Å². The van der Waals surface area contributed by atoms with E-state index in [-0.39, 0.29) is 18.2 Å². The number of rotatable bonds is 9. The van der Waals surface area contributed by atoms with Crippen LogP contribution in [0.1, 0.15) is 41.3 Å². The molecule has 1 atom stereocenters. The lowest BCUT2D eigenvalue weighted by Crippen LogP contribution is -2.22. The number of nitrogen functional groups attached to an aromatic ring is 1. The van der Waals surface area contributed by atoms with Gasteiger partial charge in [0.2, 0.25) is 0 Å². The van der Waals surface area contributed by atoms with E-state index in [0.29, 0.717) is 24.3 Å². The van der Waals surface area contributed by atoms with Crippen LogP contribution >= 0.6 is 0 Å². The van der Waals surface area contributed by atoms with Gasteiger partial charge in [-0.1, -0.05) is 60.7 Å². The third-order valence-corrected chi connectivity index (χ3v) is 5.45. The largest absolute Gasteiger partial charge is 0.466 e. The molecule has 0 aliphatic carbocycles. The number of benzene rings is 3. The molecule has 3 rings (SSSR count). The second-order valence-electron chi connectivity index (χ2n) is 7.75. The van der Waals surface area contributed by atoms with Gasteiger partial charge >= 0.3 is 5.97 Å². The summed E-state index contributed by atoms with van der Waals surface area (Å²) in [5.41, 5.74) is 11.2. The number of Topliss-reactive ketones (excluding diaryl/α,β-unsaturated/α-hetero) is 1. The van der Waals surface area contributed by atoms with E-state index in [4.69, 9.17) is 10.5 Å². The Labute approximate surface area is 184 Å². The van der Waals surface area contributed by atoms with Crippen molar-refractivity contribution < 1.29 is 14.3 Å². The lowest BCUT2D eigenvalue weighted by atomic mass is 9.90. The number of ether oxygens (including phenoxy) is 1. The van der Waals surface area contributed by atoms with Crippen LogP contribution in [0.15, 0.2) is 72.8 Å². The molecule has 4 heteroatoms. The molecular weight excluding hydrogens is 386 g/mol. The Kier molecular flexibility index (Phi) is 7.60. The molecule has 1 unspecified atom stereocenters. The van der Waals surface area contributed by atoms with Gasteiger partial charge < -0.3 is 10.5 Å². The molecule has 3 aromatic carbocycles. The van der Waals surface area contributed by atoms with E-state index in [1.54, 1.807) is 6.92 Å². The van der Waals surface area contributed by atoms with Gasteiger partial charge in [-0.05, 0) is 61.1 Å². The Morgan fingerprint density at radius 3 is 2.26 bits per heavy atom. The van der Waals surface area contributed by atoms with Crippen molar-refractivity contribution in [1.82, 2.24) is 0 Å². The van der Waals surface area contributed by atoms with Crippen LogP contribution in [0.3, 0.4) is 0 Å². The van der Waals surface area contributed by atoms with E-state index < -0.39 is 5.92 Å². The minimum absolute atomic E-state index is 0.0347. The van der Waals surface area contributed by atoms with Gasteiger partial charge in [0.1, 0.15) is 0 Å². The molecule has 0 aromatic heterocycles. The zero-order chi connectivity index (χ0) is 22.2. The summed E-state index contributed by atoms with van der Waals surface area (Å²) in [4.78, 5) is 25.6. The van der Waals surface area contributed by atoms with Gasteiger partial charge in [-0.2, -0.15) is 0 Å². The smallest absolute Gasteiger partial charge is 0.309 e. The van der Waals surface area contributed by atoms with Crippen molar-refractivity contribution in [2.75, 3.05) is 12.3 Å². The van der Waals surface area contributed by atoms with Crippen molar-refractivity contribution in [2.24, 2.45) is 5.92 Å². The summed E-state index contributed by atoms with van der Waals surface area (Å²) in [6, 6.07) is 23.4. The number of nitrogens with two attached hydrogens (primary N) is 1. The molecule has 0 saturated heterocycles. The van der Waals surface area contributed by atoms with E-state index >= 15 is 0 Å². The Hall–Kier alpha value is -3.40. The number of hydrogen-bond donors (Lipinski definition) is 1. The van der Waals surface area contributed by atoms with Crippen molar-refractivity contribution in [2.45, 2.75) is 33.1 Å². The van der Waals surface area contributed by atoms with Crippen molar-refractivity contribution >= 4 is 17.4 Å². The van der Waals surface area contributed by atoms with E-state index in [1.165, 1.54) is 0 Å². The van der Waals surface area contributed by atoms with E-state index in [0.717, 1.165) is 28.7 Å². The molecular formula is C27H29NO3. The molecule has 0 radical (unpaired) electrons. The van der Waals surface area contributed by atoms with Crippen molar-refractivity contribution in [3.63, 3.8) is 0 Å². The summed E-state index contributed by atoms with van der Waals surface area (Å²) >= 11 is 0. The standard InChI is InChI=1S/C27H29NO3/c1-3-31-27(30)23(10-9-20-7-5-4-6-8-20)18-26(29)25-16-13-22(17-19(25)2)21-11-14-24(28)15-12-21/h4-8,11-17,23H,3,9-10,18,28H2,1-2H3. The average Bonchev–Trinajstić information content (AvgIpc) is 2.77. The third-order valence-electron chi connectivity index (χ3n) is 5.45.